The third kappa shape index (κ3) is 2.17. The summed E-state index contributed by atoms with van der Waals surface area (Å²) in [5, 5.41) is 11.6. The summed E-state index contributed by atoms with van der Waals surface area (Å²) < 4.78 is 1.90. The summed E-state index contributed by atoms with van der Waals surface area (Å²) in [4.78, 5) is 4.40. The standard InChI is InChI=1S/C13H19N5/c1-10-5-3-2-4-6-11(10)16-12-13-17-15-9-18(13)8-7-14-12/h7-11H,2-6H2,1H3,(H,14,16). The number of hydrogen-bond donors (Lipinski definition) is 1. The molecule has 0 saturated heterocycles. The maximum absolute atomic E-state index is 4.40. The van der Waals surface area contributed by atoms with Gasteiger partial charge in [-0.1, -0.05) is 26.2 Å². The zero-order chi connectivity index (χ0) is 12.4. The van der Waals surface area contributed by atoms with Crippen molar-refractivity contribution in [1.82, 2.24) is 19.6 Å². The van der Waals surface area contributed by atoms with E-state index in [1.807, 2.05) is 10.6 Å². The van der Waals surface area contributed by atoms with Crippen LogP contribution in [0.1, 0.15) is 39.0 Å². The summed E-state index contributed by atoms with van der Waals surface area (Å²) in [5.74, 6) is 1.55. The van der Waals surface area contributed by atoms with Crippen molar-refractivity contribution in [2.75, 3.05) is 5.32 Å². The first-order valence-electron chi connectivity index (χ1n) is 6.75. The molecule has 0 aromatic carbocycles. The third-order valence-electron chi connectivity index (χ3n) is 3.90. The third-order valence-corrected chi connectivity index (χ3v) is 3.90. The van der Waals surface area contributed by atoms with Gasteiger partial charge >= 0.3 is 0 Å². The van der Waals surface area contributed by atoms with Crippen LogP contribution in [-0.2, 0) is 0 Å². The van der Waals surface area contributed by atoms with Crippen LogP contribution in [0.15, 0.2) is 18.7 Å². The number of rotatable bonds is 2. The minimum atomic E-state index is 0.503. The number of nitrogens with one attached hydrogen (secondary N) is 1. The van der Waals surface area contributed by atoms with Crippen LogP contribution in [-0.4, -0.2) is 25.6 Å². The smallest absolute Gasteiger partial charge is 0.203 e. The molecule has 18 heavy (non-hydrogen) atoms. The van der Waals surface area contributed by atoms with Gasteiger partial charge in [0.25, 0.3) is 0 Å². The van der Waals surface area contributed by atoms with E-state index < -0.39 is 0 Å². The van der Waals surface area contributed by atoms with Crippen molar-refractivity contribution in [3.05, 3.63) is 18.7 Å². The van der Waals surface area contributed by atoms with Crippen LogP contribution in [0.3, 0.4) is 0 Å². The Hall–Kier alpha value is -1.65. The molecule has 2 atom stereocenters. The molecule has 1 aliphatic rings. The van der Waals surface area contributed by atoms with Crippen molar-refractivity contribution in [2.45, 2.75) is 45.1 Å². The van der Waals surface area contributed by atoms with Crippen LogP contribution >= 0.6 is 0 Å². The van der Waals surface area contributed by atoms with Crippen LogP contribution in [0.2, 0.25) is 0 Å². The lowest BCUT2D eigenvalue weighted by Crippen LogP contribution is -2.27. The van der Waals surface area contributed by atoms with Crippen molar-refractivity contribution < 1.29 is 0 Å². The Morgan fingerprint density at radius 3 is 3.11 bits per heavy atom. The highest BCUT2D eigenvalue weighted by Crippen LogP contribution is 2.26. The molecule has 0 amide bonds. The molecule has 0 bridgehead atoms. The first kappa shape index (κ1) is 11.4. The van der Waals surface area contributed by atoms with E-state index in [4.69, 9.17) is 0 Å². The summed E-state index contributed by atoms with van der Waals surface area (Å²) in [7, 11) is 0. The highest BCUT2D eigenvalue weighted by molar-refractivity contribution is 5.61. The predicted molar refractivity (Wildman–Crippen MR) is 70.4 cm³/mol. The molecule has 2 heterocycles. The van der Waals surface area contributed by atoms with E-state index in [0.29, 0.717) is 12.0 Å². The average molecular weight is 245 g/mol. The lowest BCUT2D eigenvalue weighted by molar-refractivity contribution is 0.456. The molecular weight excluding hydrogens is 226 g/mol. The fourth-order valence-electron chi connectivity index (χ4n) is 2.74. The van der Waals surface area contributed by atoms with Crippen LogP contribution in [0, 0.1) is 5.92 Å². The van der Waals surface area contributed by atoms with Gasteiger partial charge in [-0.05, 0) is 18.8 Å². The molecule has 1 aliphatic carbocycles. The minimum absolute atomic E-state index is 0.503. The van der Waals surface area contributed by atoms with Crippen LogP contribution in [0.4, 0.5) is 5.82 Å². The van der Waals surface area contributed by atoms with Gasteiger partial charge in [0.15, 0.2) is 5.82 Å². The van der Waals surface area contributed by atoms with E-state index in [1.54, 1.807) is 12.5 Å². The van der Waals surface area contributed by atoms with Crippen molar-refractivity contribution in [3.8, 4) is 0 Å². The SMILES string of the molecule is CC1CCCCCC1Nc1nccn2cnnc12. The van der Waals surface area contributed by atoms with Gasteiger partial charge in [0.1, 0.15) is 6.33 Å². The first-order chi connectivity index (χ1) is 8.84. The Balaban J connectivity index is 1.84. The van der Waals surface area contributed by atoms with E-state index in [-0.39, 0.29) is 0 Å². The first-order valence-corrected chi connectivity index (χ1v) is 6.75. The van der Waals surface area contributed by atoms with Gasteiger partial charge < -0.3 is 5.32 Å². The topological polar surface area (TPSA) is 55.1 Å². The van der Waals surface area contributed by atoms with E-state index in [9.17, 15) is 0 Å². The molecule has 3 rings (SSSR count). The lowest BCUT2D eigenvalue weighted by atomic mass is 9.97. The quantitative estimate of drug-likeness (QED) is 0.826. The van der Waals surface area contributed by atoms with Crippen LogP contribution in [0.5, 0.6) is 0 Å². The molecule has 0 aliphatic heterocycles. The van der Waals surface area contributed by atoms with Gasteiger partial charge in [0.05, 0.1) is 0 Å². The summed E-state index contributed by atoms with van der Waals surface area (Å²) in [6, 6.07) is 0.503. The number of aromatic nitrogens is 4. The summed E-state index contributed by atoms with van der Waals surface area (Å²) in [6.45, 7) is 2.33. The highest BCUT2D eigenvalue weighted by Gasteiger charge is 2.21. The molecule has 96 valence electrons. The second-order valence-corrected chi connectivity index (χ2v) is 5.20. The Morgan fingerprint density at radius 2 is 2.17 bits per heavy atom. The summed E-state index contributed by atoms with van der Waals surface area (Å²) >= 11 is 0. The number of anilines is 1. The maximum atomic E-state index is 4.40. The van der Waals surface area contributed by atoms with Gasteiger partial charge in [-0.3, -0.25) is 4.40 Å². The van der Waals surface area contributed by atoms with E-state index in [2.05, 4.69) is 27.4 Å². The summed E-state index contributed by atoms with van der Waals surface area (Å²) in [5.41, 5.74) is 0.814. The van der Waals surface area contributed by atoms with E-state index >= 15 is 0 Å². The molecular formula is C13H19N5. The van der Waals surface area contributed by atoms with Gasteiger partial charge in [-0.2, -0.15) is 0 Å². The molecule has 0 radical (unpaired) electrons. The minimum Gasteiger partial charge on any atom is -0.364 e. The molecule has 1 N–H and O–H groups in total. The molecule has 5 heteroatoms. The van der Waals surface area contributed by atoms with E-state index in [1.165, 1.54) is 32.1 Å². The second kappa shape index (κ2) is 4.92. The van der Waals surface area contributed by atoms with Crippen molar-refractivity contribution in [1.29, 1.82) is 0 Å². The Bertz CT molecular complexity index is 521. The van der Waals surface area contributed by atoms with E-state index in [0.717, 1.165) is 11.5 Å². The molecule has 0 spiro atoms. The van der Waals surface area contributed by atoms with Crippen molar-refractivity contribution >= 4 is 11.5 Å². The van der Waals surface area contributed by atoms with Gasteiger partial charge in [0, 0.05) is 18.4 Å². The van der Waals surface area contributed by atoms with Gasteiger partial charge in [-0.25, -0.2) is 4.98 Å². The number of nitrogens with zero attached hydrogens (tertiary/aromatic N) is 4. The fourth-order valence-corrected chi connectivity index (χ4v) is 2.74. The van der Waals surface area contributed by atoms with Crippen molar-refractivity contribution in [2.24, 2.45) is 5.92 Å². The largest absolute Gasteiger partial charge is 0.364 e. The Kier molecular flexibility index (Phi) is 3.13. The lowest BCUT2D eigenvalue weighted by Gasteiger charge is -2.23. The Labute approximate surface area is 107 Å². The fraction of sp³-hybridized carbons (Fsp3) is 0.615. The number of fused-ring (bicyclic) bond motifs is 1. The summed E-state index contributed by atoms with van der Waals surface area (Å²) in [6.07, 6.45) is 11.9. The second-order valence-electron chi connectivity index (χ2n) is 5.20. The molecule has 2 aromatic rings. The molecule has 1 saturated carbocycles. The average Bonchev–Trinajstić information content (AvgIpc) is 2.77. The number of hydrogen-bond acceptors (Lipinski definition) is 4. The van der Waals surface area contributed by atoms with Crippen LogP contribution < -0.4 is 5.32 Å². The van der Waals surface area contributed by atoms with Gasteiger partial charge in [0.2, 0.25) is 5.65 Å². The monoisotopic (exact) mass is 245 g/mol. The molecule has 2 unspecified atom stereocenters. The van der Waals surface area contributed by atoms with Crippen LogP contribution in [0.25, 0.3) is 5.65 Å². The van der Waals surface area contributed by atoms with Crippen molar-refractivity contribution in [3.63, 3.8) is 0 Å². The Morgan fingerprint density at radius 1 is 1.28 bits per heavy atom. The predicted octanol–water partition coefficient (Wildman–Crippen LogP) is 2.50. The highest BCUT2D eigenvalue weighted by atomic mass is 15.2. The van der Waals surface area contributed by atoms with Gasteiger partial charge in [-0.15, -0.1) is 10.2 Å². The zero-order valence-corrected chi connectivity index (χ0v) is 10.7. The zero-order valence-electron chi connectivity index (χ0n) is 10.7. The molecule has 2 aromatic heterocycles. The molecule has 1 fully saturated rings. The molecule has 5 nitrogen and oxygen atoms in total. The maximum Gasteiger partial charge on any atom is 0.203 e. The normalized spacial score (nSPS) is 24.9.